The van der Waals surface area contributed by atoms with Gasteiger partial charge in [0.25, 0.3) is 0 Å². The average molecular weight is 486 g/mol. The van der Waals surface area contributed by atoms with E-state index in [9.17, 15) is 4.79 Å². The van der Waals surface area contributed by atoms with Crippen molar-refractivity contribution in [2.24, 2.45) is 22.4 Å². The van der Waals surface area contributed by atoms with Gasteiger partial charge in [0.05, 0.1) is 46.9 Å². The molecule has 8 nitrogen and oxygen atoms in total. The summed E-state index contributed by atoms with van der Waals surface area (Å²) in [5, 5.41) is 4.19. The second kappa shape index (κ2) is 8.81. The Morgan fingerprint density at radius 1 is 1.03 bits per heavy atom. The average Bonchev–Trinajstić information content (AvgIpc) is 3.23. The highest BCUT2D eigenvalue weighted by atomic mass is 16.7. The molecule has 190 valence electrons. The summed E-state index contributed by atoms with van der Waals surface area (Å²) in [4.78, 5) is 17.4. The van der Waals surface area contributed by atoms with E-state index in [0.717, 1.165) is 29.5 Å². The van der Waals surface area contributed by atoms with Crippen molar-refractivity contribution in [3.05, 3.63) is 40.4 Å². The van der Waals surface area contributed by atoms with Gasteiger partial charge in [0.2, 0.25) is 5.75 Å². The summed E-state index contributed by atoms with van der Waals surface area (Å²) < 4.78 is 29.4. The molecule has 0 aromatic heterocycles. The third-order valence-electron chi connectivity index (χ3n) is 8.00. The first-order chi connectivity index (χ1) is 16.7. The second-order valence-electron chi connectivity index (χ2n) is 9.91. The van der Waals surface area contributed by atoms with Crippen molar-refractivity contribution >= 4 is 11.7 Å². The minimum Gasteiger partial charge on any atom is -0.496 e. The Balaban J connectivity index is 2.06. The number of hydrogen-bond donors (Lipinski definition) is 0. The van der Waals surface area contributed by atoms with E-state index in [4.69, 9.17) is 28.5 Å². The van der Waals surface area contributed by atoms with Crippen LogP contribution in [0.15, 0.2) is 34.4 Å². The molecule has 0 bridgehead atoms. The quantitative estimate of drug-likeness (QED) is 0.414. The Morgan fingerprint density at radius 2 is 1.71 bits per heavy atom. The first-order valence-corrected chi connectivity index (χ1v) is 11.8. The number of methoxy groups -OCH3 is 5. The number of allylic oxidation sites excluding steroid dienone is 2. The standard InChI is InChI=1S/C27H35NO7/c1-14(2)25(29)35-28-18-12-17-10-15(3)26(4)13-16-11-19(30-5)22(32-7)23(33-8)20(16)27(17,26)24(34-9)21(18)31-6/h11-12,14-15H,10,13H2,1-9H3/b28-18+/t15-,26+,27?/m0/s1. The summed E-state index contributed by atoms with van der Waals surface area (Å²) in [6.45, 7) is 8.06. The maximum atomic E-state index is 12.1. The predicted molar refractivity (Wildman–Crippen MR) is 131 cm³/mol. The summed E-state index contributed by atoms with van der Waals surface area (Å²) in [6, 6.07) is 2.03. The number of rotatable bonds is 7. The Morgan fingerprint density at radius 3 is 2.26 bits per heavy atom. The zero-order valence-electron chi connectivity index (χ0n) is 22.0. The number of fused-ring (bicyclic) bond motifs is 1. The minimum absolute atomic E-state index is 0.249. The Labute approximate surface area is 206 Å². The van der Waals surface area contributed by atoms with Gasteiger partial charge in [-0.3, -0.25) is 0 Å². The van der Waals surface area contributed by atoms with Gasteiger partial charge >= 0.3 is 5.97 Å². The van der Waals surface area contributed by atoms with Gasteiger partial charge < -0.3 is 28.5 Å². The van der Waals surface area contributed by atoms with E-state index in [2.05, 4.69) is 19.0 Å². The Kier molecular flexibility index (Phi) is 6.28. The number of nitrogens with zero attached hydrogens (tertiary/aromatic N) is 1. The number of ether oxygens (including phenoxy) is 5. The maximum absolute atomic E-state index is 12.1. The molecule has 0 saturated heterocycles. The molecular formula is C27H35NO7. The molecule has 0 radical (unpaired) electrons. The molecule has 8 heteroatoms. The van der Waals surface area contributed by atoms with Crippen LogP contribution in [0.3, 0.4) is 0 Å². The minimum atomic E-state index is -0.673. The van der Waals surface area contributed by atoms with Crippen molar-refractivity contribution in [1.29, 1.82) is 0 Å². The topological polar surface area (TPSA) is 84.8 Å². The van der Waals surface area contributed by atoms with Crippen molar-refractivity contribution in [3.8, 4) is 17.2 Å². The van der Waals surface area contributed by atoms with Crippen LogP contribution < -0.4 is 14.2 Å². The lowest BCUT2D eigenvalue weighted by atomic mass is 9.60. The number of carbonyl (C=O) groups is 1. The fourth-order valence-corrected chi connectivity index (χ4v) is 6.26. The second-order valence-corrected chi connectivity index (χ2v) is 9.91. The van der Waals surface area contributed by atoms with Gasteiger partial charge in [0.1, 0.15) is 5.71 Å². The molecule has 1 aromatic rings. The molecule has 1 spiro atoms. The Bertz CT molecular complexity index is 1150. The van der Waals surface area contributed by atoms with Gasteiger partial charge in [-0.25, -0.2) is 4.79 Å². The molecule has 1 saturated carbocycles. The molecule has 1 fully saturated rings. The molecule has 0 aliphatic heterocycles. The van der Waals surface area contributed by atoms with Gasteiger partial charge in [0.15, 0.2) is 23.0 Å². The van der Waals surface area contributed by atoms with E-state index in [1.165, 1.54) is 0 Å². The van der Waals surface area contributed by atoms with E-state index in [-0.39, 0.29) is 11.3 Å². The van der Waals surface area contributed by atoms with Crippen molar-refractivity contribution in [1.82, 2.24) is 0 Å². The molecule has 3 atom stereocenters. The smallest absolute Gasteiger partial charge is 0.337 e. The summed E-state index contributed by atoms with van der Waals surface area (Å²) in [6.07, 6.45) is 3.58. The van der Waals surface area contributed by atoms with Crippen LogP contribution >= 0.6 is 0 Å². The van der Waals surface area contributed by atoms with Crippen LogP contribution in [0.1, 0.15) is 45.2 Å². The molecular weight excluding hydrogens is 450 g/mol. The van der Waals surface area contributed by atoms with Crippen LogP contribution in [0.5, 0.6) is 17.2 Å². The predicted octanol–water partition coefficient (Wildman–Crippen LogP) is 4.55. The van der Waals surface area contributed by atoms with Crippen LogP contribution in [-0.4, -0.2) is 47.2 Å². The Hall–Kier alpha value is -3.16. The number of benzene rings is 1. The van der Waals surface area contributed by atoms with E-state index >= 15 is 0 Å². The van der Waals surface area contributed by atoms with Crippen LogP contribution in [0.2, 0.25) is 0 Å². The SMILES string of the molecule is COC1=C(OC)C23C(=C/C1=N\OC(=O)C(C)C)C[C@H](C)[C@@]2(C)Cc1cc(OC)c(OC)c(OC)c13. The number of carbonyl (C=O) groups excluding carboxylic acids is 1. The van der Waals surface area contributed by atoms with Gasteiger partial charge in [-0.15, -0.1) is 0 Å². The molecule has 35 heavy (non-hydrogen) atoms. The largest absolute Gasteiger partial charge is 0.496 e. The first-order valence-electron chi connectivity index (χ1n) is 11.8. The van der Waals surface area contributed by atoms with Gasteiger partial charge in [0, 0.05) is 5.56 Å². The van der Waals surface area contributed by atoms with E-state index in [1.807, 2.05) is 12.1 Å². The van der Waals surface area contributed by atoms with Crippen molar-refractivity contribution in [2.75, 3.05) is 35.5 Å². The summed E-state index contributed by atoms with van der Waals surface area (Å²) in [5.41, 5.74) is 2.70. The molecule has 1 aromatic carbocycles. The van der Waals surface area contributed by atoms with Crippen molar-refractivity contribution in [3.63, 3.8) is 0 Å². The maximum Gasteiger partial charge on any atom is 0.337 e. The number of hydrogen-bond acceptors (Lipinski definition) is 8. The normalized spacial score (nSPS) is 27.8. The fraction of sp³-hybridized carbons (Fsp3) is 0.556. The van der Waals surface area contributed by atoms with Crippen LogP contribution in [0.4, 0.5) is 0 Å². The van der Waals surface area contributed by atoms with E-state index < -0.39 is 11.4 Å². The molecule has 3 aliphatic carbocycles. The third-order valence-corrected chi connectivity index (χ3v) is 8.00. The summed E-state index contributed by atoms with van der Waals surface area (Å²) in [7, 11) is 8.08. The summed E-state index contributed by atoms with van der Waals surface area (Å²) in [5.74, 6) is 2.39. The first kappa shape index (κ1) is 24.9. The lowest BCUT2D eigenvalue weighted by Gasteiger charge is -2.44. The molecule has 3 aliphatic rings. The van der Waals surface area contributed by atoms with Crippen molar-refractivity contribution in [2.45, 2.75) is 46.0 Å². The highest BCUT2D eigenvalue weighted by molar-refractivity contribution is 6.10. The number of oxime groups is 1. The monoisotopic (exact) mass is 485 g/mol. The highest BCUT2D eigenvalue weighted by Gasteiger charge is 2.69. The lowest BCUT2D eigenvalue weighted by Crippen LogP contribution is -2.45. The van der Waals surface area contributed by atoms with Crippen LogP contribution in [0.25, 0.3) is 0 Å². The van der Waals surface area contributed by atoms with Gasteiger partial charge in [-0.05, 0) is 47.5 Å². The fourth-order valence-electron chi connectivity index (χ4n) is 6.26. The molecule has 1 unspecified atom stereocenters. The molecule has 0 heterocycles. The molecule has 4 rings (SSSR count). The molecule has 0 amide bonds. The zero-order valence-corrected chi connectivity index (χ0v) is 22.0. The van der Waals surface area contributed by atoms with E-state index in [1.54, 1.807) is 49.4 Å². The zero-order chi connectivity index (χ0) is 25.7. The van der Waals surface area contributed by atoms with Gasteiger partial charge in [-0.1, -0.05) is 32.9 Å². The van der Waals surface area contributed by atoms with Gasteiger partial charge in [-0.2, -0.15) is 0 Å². The van der Waals surface area contributed by atoms with Crippen LogP contribution in [0, 0.1) is 17.3 Å². The lowest BCUT2D eigenvalue weighted by molar-refractivity contribution is -0.147. The van der Waals surface area contributed by atoms with Crippen molar-refractivity contribution < 1.29 is 33.3 Å². The summed E-state index contributed by atoms with van der Waals surface area (Å²) >= 11 is 0. The van der Waals surface area contributed by atoms with E-state index in [0.29, 0.717) is 40.4 Å². The highest BCUT2D eigenvalue weighted by Crippen LogP contribution is 2.72. The van der Waals surface area contributed by atoms with Crippen LogP contribution in [-0.2, 0) is 30.9 Å². The third kappa shape index (κ3) is 3.18. The molecule has 0 N–H and O–H groups in total.